The number of carbonyl (C=O) groups excluding carboxylic acids is 1. The van der Waals surface area contributed by atoms with Gasteiger partial charge in [-0.1, -0.05) is 11.6 Å². The van der Waals surface area contributed by atoms with E-state index in [1.165, 1.54) is 12.1 Å². The quantitative estimate of drug-likeness (QED) is 0.736. The molecular weight excluding hydrogens is 246 g/mol. The Kier molecular flexibility index (Phi) is 3.20. The number of benzene rings is 2. The van der Waals surface area contributed by atoms with Crippen molar-refractivity contribution in [1.29, 1.82) is 0 Å². The van der Waals surface area contributed by atoms with Crippen LogP contribution in [0.5, 0.6) is 0 Å². The molecule has 0 amide bonds. The van der Waals surface area contributed by atoms with Crippen LogP contribution in [-0.4, -0.2) is 6.29 Å². The van der Waals surface area contributed by atoms with Crippen LogP contribution >= 0.6 is 11.6 Å². The molecule has 4 heteroatoms. The number of aldehydes is 1. The normalized spacial score (nSPS) is 10.3. The molecule has 0 N–H and O–H groups in total. The molecule has 0 spiro atoms. The standard InChI is InChI=1S/C13H7ClF2O/c14-10-2-1-8(7-17)13(5-10)9-3-11(15)6-12(16)4-9/h1-7H. The molecule has 2 aromatic rings. The molecule has 2 rings (SSSR count). The Labute approximate surface area is 102 Å². The van der Waals surface area contributed by atoms with E-state index in [1.807, 2.05) is 0 Å². The molecule has 0 atom stereocenters. The molecule has 0 aliphatic carbocycles. The van der Waals surface area contributed by atoms with E-state index in [1.54, 1.807) is 6.07 Å². The minimum Gasteiger partial charge on any atom is -0.298 e. The van der Waals surface area contributed by atoms with Gasteiger partial charge in [-0.25, -0.2) is 8.78 Å². The SMILES string of the molecule is O=Cc1ccc(Cl)cc1-c1cc(F)cc(F)c1. The lowest BCUT2D eigenvalue weighted by Crippen LogP contribution is -1.90. The Morgan fingerprint density at radius 3 is 2.24 bits per heavy atom. The van der Waals surface area contributed by atoms with Gasteiger partial charge in [0.2, 0.25) is 0 Å². The van der Waals surface area contributed by atoms with E-state index in [-0.39, 0.29) is 5.56 Å². The van der Waals surface area contributed by atoms with Crippen molar-refractivity contribution in [3.8, 4) is 11.1 Å². The molecule has 0 bridgehead atoms. The van der Waals surface area contributed by atoms with Gasteiger partial charge in [-0.15, -0.1) is 0 Å². The fourth-order valence-corrected chi connectivity index (χ4v) is 1.76. The number of rotatable bonds is 2. The summed E-state index contributed by atoms with van der Waals surface area (Å²) in [6, 6.07) is 7.63. The summed E-state index contributed by atoms with van der Waals surface area (Å²) in [5.74, 6) is -1.39. The van der Waals surface area contributed by atoms with E-state index < -0.39 is 11.6 Å². The molecule has 0 saturated carbocycles. The lowest BCUT2D eigenvalue weighted by Gasteiger charge is -2.06. The molecular formula is C13H7ClF2O. The summed E-state index contributed by atoms with van der Waals surface area (Å²) >= 11 is 5.80. The van der Waals surface area contributed by atoms with Crippen LogP contribution in [0.15, 0.2) is 36.4 Å². The fourth-order valence-electron chi connectivity index (χ4n) is 1.59. The zero-order valence-electron chi connectivity index (χ0n) is 8.58. The minimum atomic E-state index is -0.697. The van der Waals surface area contributed by atoms with Crippen molar-refractivity contribution in [2.24, 2.45) is 0 Å². The van der Waals surface area contributed by atoms with Crippen molar-refractivity contribution in [1.82, 2.24) is 0 Å². The Hall–Kier alpha value is -1.74. The van der Waals surface area contributed by atoms with Crippen LogP contribution in [0.3, 0.4) is 0 Å². The predicted octanol–water partition coefficient (Wildman–Crippen LogP) is 4.10. The molecule has 1 nitrogen and oxygen atoms in total. The Balaban J connectivity index is 2.66. The predicted molar refractivity (Wildman–Crippen MR) is 62.2 cm³/mol. The van der Waals surface area contributed by atoms with Crippen molar-refractivity contribution in [2.45, 2.75) is 0 Å². The zero-order chi connectivity index (χ0) is 12.4. The van der Waals surface area contributed by atoms with Crippen molar-refractivity contribution in [3.63, 3.8) is 0 Å². The maximum Gasteiger partial charge on any atom is 0.150 e. The molecule has 86 valence electrons. The van der Waals surface area contributed by atoms with E-state index in [2.05, 4.69) is 0 Å². The summed E-state index contributed by atoms with van der Waals surface area (Å²) in [5, 5.41) is 0.398. The average Bonchev–Trinajstić information content (AvgIpc) is 2.27. The van der Waals surface area contributed by atoms with Gasteiger partial charge in [-0.05, 0) is 41.5 Å². The van der Waals surface area contributed by atoms with E-state index in [4.69, 9.17) is 11.6 Å². The summed E-state index contributed by atoms with van der Waals surface area (Å²) in [4.78, 5) is 10.9. The first kappa shape index (κ1) is 11.7. The molecule has 0 aliphatic rings. The van der Waals surface area contributed by atoms with Crippen LogP contribution in [-0.2, 0) is 0 Å². The van der Waals surface area contributed by atoms with Crippen LogP contribution in [0, 0.1) is 11.6 Å². The fraction of sp³-hybridized carbons (Fsp3) is 0. The molecule has 0 aromatic heterocycles. The molecule has 0 fully saturated rings. The maximum atomic E-state index is 13.1. The molecule has 0 saturated heterocycles. The second-order valence-electron chi connectivity index (χ2n) is 3.51. The summed E-state index contributed by atoms with van der Waals surface area (Å²) in [6.45, 7) is 0. The van der Waals surface area contributed by atoms with E-state index in [9.17, 15) is 13.6 Å². The summed E-state index contributed by atoms with van der Waals surface area (Å²) in [6.07, 6.45) is 0.620. The highest BCUT2D eigenvalue weighted by atomic mass is 35.5. The first-order chi connectivity index (χ1) is 8.10. The van der Waals surface area contributed by atoms with Gasteiger partial charge in [0.25, 0.3) is 0 Å². The number of carbonyl (C=O) groups is 1. The third-order valence-electron chi connectivity index (χ3n) is 2.32. The highest BCUT2D eigenvalue weighted by Gasteiger charge is 2.08. The van der Waals surface area contributed by atoms with E-state index >= 15 is 0 Å². The van der Waals surface area contributed by atoms with Crippen molar-refractivity contribution in [3.05, 3.63) is 58.6 Å². The van der Waals surface area contributed by atoms with Crippen molar-refractivity contribution in [2.75, 3.05) is 0 Å². The van der Waals surface area contributed by atoms with Crippen LogP contribution in [0.1, 0.15) is 10.4 Å². The first-order valence-electron chi connectivity index (χ1n) is 4.81. The third-order valence-corrected chi connectivity index (χ3v) is 2.55. The average molecular weight is 253 g/mol. The highest BCUT2D eigenvalue weighted by Crippen LogP contribution is 2.27. The Morgan fingerprint density at radius 1 is 1.00 bits per heavy atom. The molecule has 0 unspecified atom stereocenters. The third kappa shape index (κ3) is 2.50. The monoisotopic (exact) mass is 252 g/mol. The summed E-state index contributed by atoms with van der Waals surface area (Å²) in [7, 11) is 0. The molecule has 17 heavy (non-hydrogen) atoms. The second-order valence-corrected chi connectivity index (χ2v) is 3.94. The van der Waals surface area contributed by atoms with Crippen molar-refractivity contribution >= 4 is 17.9 Å². The van der Waals surface area contributed by atoms with E-state index in [0.29, 0.717) is 22.4 Å². The van der Waals surface area contributed by atoms with Crippen molar-refractivity contribution < 1.29 is 13.6 Å². The second kappa shape index (κ2) is 4.63. The summed E-state index contributed by atoms with van der Waals surface area (Å²) < 4.78 is 26.2. The van der Waals surface area contributed by atoms with Gasteiger partial charge in [-0.3, -0.25) is 4.79 Å². The van der Waals surface area contributed by atoms with Gasteiger partial charge >= 0.3 is 0 Å². The number of hydrogen-bond donors (Lipinski definition) is 0. The smallest absolute Gasteiger partial charge is 0.150 e. The topological polar surface area (TPSA) is 17.1 Å². The van der Waals surface area contributed by atoms with Crippen LogP contribution < -0.4 is 0 Å². The van der Waals surface area contributed by atoms with Crippen LogP contribution in [0.25, 0.3) is 11.1 Å². The molecule has 0 aliphatic heterocycles. The summed E-state index contributed by atoms with van der Waals surface area (Å²) in [5.41, 5.74) is 1.03. The minimum absolute atomic E-state index is 0.284. The Morgan fingerprint density at radius 2 is 1.65 bits per heavy atom. The van der Waals surface area contributed by atoms with Gasteiger partial charge in [0.1, 0.15) is 11.6 Å². The van der Waals surface area contributed by atoms with Gasteiger partial charge in [0, 0.05) is 16.7 Å². The lowest BCUT2D eigenvalue weighted by molar-refractivity contribution is 0.112. The highest BCUT2D eigenvalue weighted by molar-refractivity contribution is 6.31. The first-order valence-corrected chi connectivity index (χ1v) is 5.19. The van der Waals surface area contributed by atoms with Gasteiger partial charge < -0.3 is 0 Å². The largest absolute Gasteiger partial charge is 0.298 e. The lowest BCUT2D eigenvalue weighted by atomic mass is 10.0. The zero-order valence-corrected chi connectivity index (χ0v) is 9.34. The molecule has 0 radical (unpaired) electrons. The number of hydrogen-bond acceptors (Lipinski definition) is 1. The van der Waals surface area contributed by atoms with Gasteiger partial charge in [0.05, 0.1) is 0 Å². The maximum absolute atomic E-state index is 13.1. The molecule has 2 aromatic carbocycles. The van der Waals surface area contributed by atoms with E-state index in [0.717, 1.165) is 18.2 Å². The van der Waals surface area contributed by atoms with Crippen LogP contribution in [0.4, 0.5) is 8.78 Å². The number of halogens is 3. The van der Waals surface area contributed by atoms with Gasteiger partial charge in [-0.2, -0.15) is 0 Å². The Bertz CT molecular complexity index is 561. The van der Waals surface area contributed by atoms with Gasteiger partial charge in [0.15, 0.2) is 6.29 Å². The molecule has 0 heterocycles. The van der Waals surface area contributed by atoms with Crippen LogP contribution in [0.2, 0.25) is 5.02 Å².